The molecule has 4 nitrogen and oxygen atoms in total. The lowest BCUT2D eigenvalue weighted by molar-refractivity contribution is -0.0499. The highest BCUT2D eigenvalue weighted by Crippen LogP contribution is 2.45. The molecule has 0 saturated carbocycles. The minimum absolute atomic E-state index is 0.221. The van der Waals surface area contributed by atoms with Crippen molar-refractivity contribution in [2.24, 2.45) is 0 Å². The Hall–Kier alpha value is -1.26. The zero-order valence-electron chi connectivity index (χ0n) is 17.7. The van der Waals surface area contributed by atoms with E-state index in [9.17, 15) is 21.6 Å². The van der Waals surface area contributed by atoms with E-state index < -0.39 is 29.7 Å². The average Bonchev–Trinajstić information content (AvgIpc) is 2.57. The Balaban J connectivity index is 2.72. The van der Waals surface area contributed by atoms with Crippen molar-refractivity contribution >= 4 is 45.1 Å². The lowest BCUT2D eigenvalue weighted by atomic mass is 10.1. The molecule has 0 radical (unpaired) electrons. The van der Waals surface area contributed by atoms with E-state index in [1.807, 2.05) is 0 Å². The third-order valence-corrected chi connectivity index (χ3v) is 13.0. The fourth-order valence-corrected chi connectivity index (χ4v) is 10.4. The van der Waals surface area contributed by atoms with Crippen LogP contribution >= 0.6 is 15.9 Å². The van der Waals surface area contributed by atoms with Crippen molar-refractivity contribution in [2.45, 2.75) is 63.7 Å². The van der Waals surface area contributed by atoms with Gasteiger partial charge in [-0.15, -0.1) is 0 Å². The quantitative estimate of drug-likeness (QED) is 0.214. The molecule has 0 unspecified atom stereocenters. The first-order chi connectivity index (χ1) is 13.6. The van der Waals surface area contributed by atoms with Crippen LogP contribution in [0.1, 0.15) is 41.5 Å². The maximum absolute atomic E-state index is 13.0. The molecular formula is C20H26BrF3O4SSi. The smallest absolute Gasteiger partial charge is 0.534 e. The monoisotopic (exact) mass is 526 g/mol. The first-order valence-electron chi connectivity index (χ1n) is 9.55. The van der Waals surface area contributed by atoms with Crippen LogP contribution in [-0.4, -0.2) is 22.2 Å². The number of benzene rings is 2. The summed E-state index contributed by atoms with van der Waals surface area (Å²) in [6.07, 6.45) is 0. The molecule has 0 atom stereocenters. The normalized spacial score (nSPS) is 13.5. The van der Waals surface area contributed by atoms with Crippen LogP contribution < -0.4 is 8.61 Å². The van der Waals surface area contributed by atoms with Gasteiger partial charge in [-0.2, -0.15) is 21.6 Å². The first kappa shape index (κ1) is 25.0. The molecule has 0 N–H and O–H groups in total. The van der Waals surface area contributed by atoms with Crippen molar-refractivity contribution in [3.8, 4) is 11.5 Å². The topological polar surface area (TPSA) is 52.6 Å². The van der Waals surface area contributed by atoms with E-state index in [0.717, 1.165) is 0 Å². The second-order valence-corrected chi connectivity index (χ2v) is 15.9. The van der Waals surface area contributed by atoms with Crippen LogP contribution in [0.25, 0.3) is 10.8 Å². The minimum Gasteiger partial charge on any atom is -0.543 e. The fourth-order valence-electron chi connectivity index (χ4n) is 4.17. The molecule has 0 amide bonds. The van der Waals surface area contributed by atoms with E-state index in [1.54, 1.807) is 24.3 Å². The van der Waals surface area contributed by atoms with Crippen LogP contribution in [-0.2, 0) is 10.1 Å². The number of halogens is 4. The zero-order valence-corrected chi connectivity index (χ0v) is 21.1. The third kappa shape index (κ3) is 4.65. The molecule has 2 aromatic rings. The highest BCUT2D eigenvalue weighted by molar-refractivity contribution is 9.10. The van der Waals surface area contributed by atoms with Gasteiger partial charge >= 0.3 is 15.6 Å². The van der Waals surface area contributed by atoms with Crippen molar-refractivity contribution in [3.63, 3.8) is 0 Å². The van der Waals surface area contributed by atoms with Crippen LogP contribution in [0.3, 0.4) is 0 Å². The highest BCUT2D eigenvalue weighted by atomic mass is 79.9. The van der Waals surface area contributed by atoms with E-state index in [0.29, 0.717) is 15.6 Å². The van der Waals surface area contributed by atoms with Gasteiger partial charge in [-0.3, -0.25) is 0 Å². The van der Waals surface area contributed by atoms with Crippen molar-refractivity contribution < 1.29 is 30.2 Å². The largest absolute Gasteiger partial charge is 0.543 e. The Morgan fingerprint density at radius 3 is 1.97 bits per heavy atom. The number of rotatable bonds is 7. The van der Waals surface area contributed by atoms with Gasteiger partial charge in [0, 0.05) is 15.9 Å². The number of alkyl halides is 3. The fraction of sp³-hybridized carbons (Fsp3) is 0.500. The summed E-state index contributed by atoms with van der Waals surface area (Å²) in [6.45, 7) is 12.5. The summed E-state index contributed by atoms with van der Waals surface area (Å²) in [5.41, 5.74) is -4.87. The summed E-state index contributed by atoms with van der Waals surface area (Å²) in [4.78, 5) is 0. The maximum atomic E-state index is 13.0. The number of hydrogen-bond donors (Lipinski definition) is 0. The molecule has 0 aromatic heterocycles. The molecule has 30 heavy (non-hydrogen) atoms. The molecule has 2 rings (SSSR count). The summed E-state index contributed by atoms with van der Waals surface area (Å²) in [7, 11) is -8.26. The van der Waals surface area contributed by atoms with Crippen LogP contribution in [0, 0.1) is 0 Å². The van der Waals surface area contributed by atoms with Gasteiger partial charge in [0.05, 0.1) is 0 Å². The molecule has 0 heterocycles. The van der Waals surface area contributed by atoms with Gasteiger partial charge in [0.2, 0.25) is 0 Å². The molecule has 0 bridgehead atoms. The van der Waals surface area contributed by atoms with Crippen molar-refractivity contribution in [3.05, 3.63) is 34.8 Å². The predicted octanol–water partition coefficient (Wildman–Crippen LogP) is 7.39. The Morgan fingerprint density at radius 1 is 0.967 bits per heavy atom. The minimum atomic E-state index is -5.83. The van der Waals surface area contributed by atoms with E-state index >= 15 is 0 Å². The molecular weight excluding hydrogens is 501 g/mol. The molecule has 0 spiro atoms. The summed E-state index contributed by atoms with van der Waals surface area (Å²) < 4.78 is 73.8. The Kier molecular flexibility index (Phi) is 7.25. The number of fused-ring (bicyclic) bond motifs is 1. The SMILES string of the molecule is CC(C)[Si](Oc1cc(OS(=O)(=O)C(F)(F)F)c2c(Br)cccc2c1)(C(C)C)C(C)C. The molecule has 0 aliphatic rings. The van der Waals surface area contributed by atoms with Crippen molar-refractivity contribution in [1.29, 1.82) is 0 Å². The predicted molar refractivity (Wildman–Crippen MR) is 119 cm³/mol. The Morgan fingerprint density at radius 2 is 1.50 bits per heavy atom. The molecule has 0 aliphatic carbocycles. The first-order valence-corrected chi connectivity index (χ1v) is 13.9. The zero-order chi connectivity index (χ0) is 23.1. The maximum Gasteiger partial charge on any atom is 0.534 e. The molecule has 0 fully saturated rings. The lowest BCUT2D eigenvalue weighted by Gasteiger charge is -2.42. The lowest BCUT2D eigenvalue weighted by Crippen LogP contribution is -2.50. The highest BCUT2D eigenvalue weighted by Gasteiger charge is 2.49. The van der Waals surface area contributed by atoms with Gasteiger partial charge in [-0.25, -0.2) is 0 Å². The summed E-state index contributed by atoms with van der Waals surface area (Å²) in [5.74, 6) is -0.123. The van der Waals surface area contributed by atoms with Gasteiger partial charge in [0.15, 0.2) is 5.75 Å². The molecule has 2 aromatic carbocycles. The van der Waals surface area contributed by atoms with Crippen molar-refractivity contribution in [2.75, 3.05) is 0 Å². The molecule has 0 aliphatic heterocycles. The van der Waals surface area contributed by atoms with Crippen LogP contribution in [0.15, 0.2) is 34.8 Å². The second kappa shape index (κ2) is 8.70. The van der Waals surface area contributed by atoms with Crippen LogP contribution in [0.2, 0.25) is 16.6 Å². The van der Waals surface area contributed by atoms with Crippen molar-refractivity contribution in [1.82, 2.24) is 0 Å². The van der Waals surface area contributed by atoms with Crippen LogP contribution in [0.5, 0.6) is 11.5 Å². The van der Waals surface area contributed by atoms with Gasteiger partial charge in [-0.05, 0) is 34.1 Å². The van der Waals surface area contributed by atoms with E-state index in [2.05, 4.69) is 61.7 Å². The Labute approximate surface area is 185 Å². The van der Waals surface area contributed by atoms with E-state index in [4.69, 9.17) is 4.43 Å². The average molecular weight is 527 g/mol. The number of hydrogen-bond acceptors (Lipinski definition) is 4. The molecule has 10 heteroatoms. The molecule has 0 saturated heterocycles. The molecule has 168 valence electrons. The third-order valence-electron chi connectivity index (χ3n) is 5.35. The second-order valence-electron chi connectivity index (χ2n) is 8.16. The Bertz CT molecular complexity index is 999. The summed E-state index contributed by atoms with van der Waals surface area (Å²) in [6, 6.07) is 7.93. The standard InChI is InChI=1S/C20H26BrF3O4SSi/c1-12(2)30(13(3)4,14(5)6)28-16-10-15-8-7-9-17(21)19(15)18(11-16)27-29(25,26)20(22,23)24/h7-14H,1-6H3. The summed E-state index contributed by atoms with van der Waals surface area (Å²) in [5, 5.41) is 0.733. The van der Waals surface area contributed by atoms with Crippen LogP contribution in [0.4, 0.5) is 13.2 Å². The summed E-state index contributed by atoms with van der Waals surface area (Å²) >= 11 is 3.27. The van der Waals surface area contributed by atoms with Gasteiger partial charge < -0.3 is 8.61 Å². The van der Waals surface area contributed by atoms with Gasteiger partial charge in [0.25, 0.3) is 8.32 Å². The van der Waals surface area contributed by atoms with Gasteiger partial charge in [0.1, 0.15) is 5.75 Å². The van der Waals surface area contributed by atoms with E-state index in [-0.39, 0.29) is 22.0 Å². The van der Waals surface area contributed by atoms with Gasteiger partial charge in [-0.1, -0.05) is 69.6 Å². The van der Waals surface area contributed by atoms with E-state index in [1.165, 1.54) is 6.07 Å².